The Morgan fingerprint density at radius 1 is 1.55 bits per heavy atom. The molecule has 6 nitrogen and oxygen atoms in total. The van der Waals surface area contributed by atoms with E-state index < -0.39 is 10.2 Å². The Morgan fingerprint density at radius 3 is 3.05 bits per heavy atom. The van der Waals surface area contributed by atoms with E-state index in [1.807, 2.05) is 19.1 Å². The number of nitrogens with one attached hydrogen (secondary N) is 1. The Morgan fingerprint density at radius 2 is 2.35 bits per heavy atom. The van der Waals surface area contributed by atoms with Crippen molar-refractivity contribution < 1.29 is 8.42 Å². The summed E-state index contributed by atoms with van der Waals surface area (Å²) in [5, 5.41) is 0. The first-order chi connectivity index (χ1) is 9.53. The van der Waals surface area contributed by atoms with Crippen molar-refractivity contribution in [1.82, 2.24) is 14.0 Å². The number of nitrogens with zero attached hydrogens (tertiary/aromatic N) is 2. The van der Waals surface area contributed by atoms with Gasteiger partial charge in [0.25, 0.3) is 10.2 Å². The van der Waals surface area contributed by atoms with Gasteiger partial charge in [-0.05, 0) is 43.9 Å². The van der Waals surface area contributed by atoms with Crippen LogP contribution in [0.3, 0.4) is 0 Å². The maximum atomic E-state index is 12.3. The van der Waals surface area contributed by atoms with Crippen LogP contribution in [-0.2, 0) is 16.8 Å². The Bertz CT molecular complexity index is 547. The second-order valence-electron chi connectivity index (χ2n) is 5.20. The number of hydrogen-bond donors (Lipinski definition) is 2. The van der Waals surface area contributed by atoms with Gasteiger partial charge in [0.2, 0.25) is 0 Å². The maximum Gasteiger partial charge on any atom is 0.279 e. The molecule has 0 bridgehead atoms. The summed E-state index contributed by atoms with van der Waals surface area (Å²) in [5.41, 5.74) is 7.38. The van der Waals surface area contributed by atoms with Crippen molar-refractivity contribution in [3.8, 4) is 0 Å². The van der Waals surface area contributed by atoms with E-state index in [9.17, 15) is 8.42 Å². The van der Waals surface area contributed by atoms with E-state index in [0.717, 1.165) is 24.1 Å². The largest absolute Gasteiger partial charge is 0.330 e. The molecule has 1 saturated heterocycles. The molecule has 0 amide bonds. The van der Waals surface area contributed by atoms with E-state index in [4.69, 9.17) is 5.73 Å². The molecule has 0 saturated carbocycles. The van der Waals surface area contributed by atoms with Gasteiger partial charge in [-0.3, -0.25) is 4.98 Å². The Hall–Kier alpha value is -1.02. The third-order valence-electron chi connectivity index (χ3n) is 3.69. The SMILES string of the molecule is Cc1cccnc1CNS(=O)(=O)N1CCCC(CN)C1. The summed E-state index contributed by atoms with van der Waals surface area (Å²) < 4.78 is 28.7. The highest BCUT2D eigenvalue weighted by molar-refractivity contribution is 7.87. The number of nitrogens with two attached hydrogens (primary N) is 1. The van der Waals surface area contributed by atoms with Crippen molar-refractivity contribution in [2.45, 2.75) is 26.3 Å². The number of aromatic nitrogens is 1. The number of pyridine rings is 1. The van der Waals surface area contributed by atoms with Gasteiger partial charge in [0.05, 0.1) is 12.2 Å². The van der Waals surface area contributed by atoms with Gasteiger partial charge in [-0.25, -0.2) is 0 Å². The highest BCUT2D eigenvalue weighted by atomic mass is 32.2. The van der Waals surface area contributed by atoms with E-state index in [-0.39, 0.29) is 12.5 Å². The maximum absolute atomic E-state index is 12.3. The van der Waals surface area contributed by atoms with Crippen molar-refractivity contribution in [3.05, 3.63) is 29.6 Å². The average molecular weight is 298 g/mol. The molecule has 0 spiro atoms. The quantitative estimate of drug-likeness (QED) is 0.823. The second-order valence-corrected chi connectivity index (χ2v) is 6.95. The van der Waals surface area contributed by atoms with Gasteiger partial charge in [0.1, 0.15) is 0 Å². The highest BCUT2D eigenvalue weighted by Crippen LogP contribution is 2.17. The average Bonchev–Trinajstić information content (AvgIpc) is 2.46. The van der Waals surface area contributed by atoms with Crippen molar-refractivity contribution in [2.75, 3.05) is 19.6 Å². The third kappa shape index (κ3) is 3.76. The molecule has 112 valence electrons. The van der Waals surface area contributed by atoms with Crippen LogP contribution in [0.2, 0.25) is 0 Å². The van der Waals surface area contributed by atoms with Crippen molar-refractivity contribution in [1.29, 1.82) is 0 Å². The first-order valence-corrected chi connectivity index (χ1v) is 8.32. The minimum Gasteiger partial charge on any atom is -0.330 e. The Balaban J connectivity index is 1.99. The van der Waals surface area contributed by atoms with Crippen LogP contribution in [0.4, 0.5) is 0 Å². The van der Waals surface area contributed by atoms with E-state index in [2.05, 4.69) is 9.71 Å². The number of rotatable bonds is 5. The van der Waals surface area contributed by atoms with Crippen LogP contribution in [0.15, 0.2) is 18.3 Å². The fourth-order valence-corrected chi connectivity index (χ4v) is 3.67. The lowest BCUT2D eigenvalue weighted by Crippen LogP contribution is -2.47. The molecule has 2 rings (SSSR count). The standard InChI is InChI=1S/C13H22N4O2S/c1-11-4-2-6-15-13(11)9-16-20(18,19)17-7-3-5-12(8-14)10-17/h2,4,6,12,16H,3,5,7-10,14H2,1H3. The first-order valence-electron chi connectivity index (χ1n) is 6.88. The van der Waals surface area contributed by atoms with Crippen LogP contribution in [0, 0.1) is 12.8 Å². The topological polar surface area (TPSA) is 88.3 Å². The van der Waals surface area contributed by atoms with Gasteiger partial charge in [0, 0.05) is 19.3 Å². The van der Waals surface area contributed by atoms with E-state index in [1.165, 1.54) is 4.31 Å². The second kappa shape index (κ2) is 6.62. The van der Waals surface area contributed by atoms with Gasteiger partial charge in [-0.1, -0.05) is 6.07 Å². The lowest BCUT2D eigenvalue weighted by molar-refractivity contribution is 0.268. The minimum absolute atomic E-state index is 0.221. The minimum atomic E-state index is -3.45. The van der Waals surface area contributed by atoms with Crippen molar-refractivity contribution in [3.63, 3.8) is 0 Å². The highest BCUT2D eigenvalue weighted by Gasteiger charge is 2.28. The summed E-state index contributed by atoms with van der Waals surface area (Å²) in [6.45, 7) is 3.74. The predicted octanol–water partition coefficient (Wildman–Crippen LogP) is 0.395. The molecule has 1 aromatic heterocycles. The third-order valence-corrected chi connectivity index (χ3v) is 5.22. The Kier molecular flexibility index (Phi) is 5.09. The van der Waals surface area contributed by atoms with E-state index in [1.54, 1.807) is 6.20 Å². The van der Waals surface area contributed by atoms with Crippen LogP contribution in [-0.4, -0.2) is 37.3 Å². The lowest BCUT2D eigenvalue weighted by Gasteiger charge is -2.31. The van der Waals surface area contributed by atoms with E-state index in [0.29, 0.717) is 19.6 Å². The summed E-state index contributed by atoms with van der Waals surface area (Å²) in [7, 11) is -3.45. The molecule has 3 N–H and O–H groups in total. The molecule has 0 aliphatic carbocycles. The zero-order valence-electron chi connectivity index (χ0n) is 11.7. The predicted molar refractivity (Wildman–Crippen MR) is 78.1 cm³/mol. The molecule has 2 heterocycles. The molecule has 7 heteroatoms. The first kappa shape index (κ1) is 15.4. The van der Waals surface area contributed by atoms with Gasteiger partial charge < -0.3 is 5.73 Å². The molecule has 1 atom stereocenters. The Labute approximate surface area is 120 Å². The van der Waals surface area contributed by atoms with Crippen molar-refractivity contribution >= 4 is 10.2 Å². The zero-order chi connectivity index (χ0) is 14.6. The normalized spacial score (nSPS) is 21.0. The molecular formula is C13H22N4O2S. The fourth-order valence-electron chi connectivity index (χ4n) is 2.39. The van der Waals surface area contributed by atoms with Gasteiger partial charge >= 0.3 is 0 Å². The monoisotopic (exact) mass is 298 g/mol. The molecule has 0 radical (unpaired) electrons. The zero-order valence-corrected chi connectivity index (χ0v) is 12.6. The van der Waals surface area contributed by atoms with Crippen LogP contribution >= 0.6 is 0 Å². The molecule has 1 aromatic rings. The molecule has 1 aliphatic heterocycles. The van der Waals surface area contributed by atoms with Gasteiger partial charge in [-0.2, -0.15) is 17.4 Å². The summed E-state index contributed by atoms with van der Waals surface area (Å²) >= 11 is 0. The molecule has 0 aromatic carbocycles. The summed E-state index contributed by atoms with van der Waals surface area (Å²) in [6, 6.07) is 3.76. The van der Waals surface area contributed by atoms with E-state index >= 15 is 0 Å². The van der Waals surface area contributed by atoms with Crippen LogP contribution in [0.5, 0.6) is 0 Å². The molecular weight excluding hydrogens is 276 g/mol. The molecule has 1 unspecified atom stereocenters. The molecule has 1 fully saturated rings. The summed E-state index contributed by atoms with van der Waals surface area (Å²) in [4.78, 5) is 4.19. The number of piperidine rings is 1. The summed E-state index contributed by atoms with van der Waals surface area (Å²) in [5.74, 6) is 0.261. The van der Waals surface area contributed by atoms with Crippen LogP contribution in [0.25, 0.3) is 0 Å². The molecule has 1 aliphatic rings. The number of aryl methyl sites for hydroxylation is 1. The van der Waals surface area contributed by atoms with Crippen molar-refractivity contribution in [2.24, 2.45) is 11.7 Å². The fraction of sp³-hybridized carbons (Fsp3) is 0.615. The lowest BCUT2D eigenvalue weighted by atomic mass is 10.0. The van der Waals surface area contributed by atoms with Gasteiger partial charge in [-0.15, -0.1) is 0 Å². The van der Waals surface area contributed by atoms with Crippen LogP contribution < -0.4 is 10.5 Å². The summed E-state index contributed by atoms with van der Waals surface area (Å²) in [6.07, 6.45) is 3.54. The van der Waals surface area contributed by atoms with Crippen LogP contribution in [0.1, 0.15) is 24.1 Å². The smallest absolute Gasteiger partial charge is 0.279 e. The number of hydrogen-bond acceptors (Lipinski definition) is 4. The van der Waals surface area contributed by atoms with Gasteiger partial charge in [0.15, 0.2) is 0 Å². The molecule has 20 heavy (non-hydrogen) atoms.